The number of rotatable bonds is 3. The zero-order chi connectivity index (χ0) is 16.4. The monoisotopic (exact) mass is 315 g/mol. The van der Waals surface area contributed by atoms with E-state index in [1.807, 2.05) is 19.1 Å². The van der Waals surface area contributed by atoms with Gasteiger partial charge < -0.3 is 5.32 Å². The molecule has 1 heterocycles. The molecule has 0 aromatic heterocycles. The van der Waals surface area contributed by atoms with Crippen molar-refractivity contribution in [2.45, 2.75) is 51.0 Å². The standard InChI is InChI=1S/C17H21N3O3/c1-2-12-6-8-13(9-7-12)14(21)19-20-15(22)17(18-16(20)23)10-4-3-5-11-17/h6-9H,2-5,10-11H2,1H3,(H,18,23)(H,19,21). The van der Waals surface area contributed by atoms with Gasteiger partial charge in [0.15, 0.2) is 0 Å². The van der Waals surface area contributed by atoms with Crippen molar-refractivity contribution in [1.29, 1.82) is 0 Å². The van der Waals surface area contributed by atoms with Crippen LogP contribution < -0.4 is 10.7 Å². The number of nitrogens with zero attached hydrogens (tertiary/aromatic N) is 1. The lowest BCUT2D eigenvalue weighted by Crippen LogP contribution is -2.50. The predicted molar refractivity (Wildman–Crippen MR) is 84.5 cm³/mol. The molecule has 1 aromatic carbocycles. The van der Waals surface area contributed by atoms with E-state index in [9.17, 15) is 14.4 Å². The minimum absolute atomic E-state index is 0.347. The van der Waals surface area contributed by atoms with Gasteiger partial charge in [-0.25, -0.2) is 4.79 Å². The van der Waals surface area contributed by atoms with Crippen molar-refractivity contribution < 1.29 is 14.4 Å². The van der Waals surface area contributed by atoms with Crippen molar-refractivity contribution in [3.63, 3.8) is 0 Å². The summed E-state index contributed by atoms with van der Waals surface area (Å²) in [6, 6.07) is 6.58. The molecule has 2 aliphatic rings. The van der Waals surface area contributed by atoms with Crippen LogP contribution >= 0.6 is 0 Å². The Bertz CT molecular complexity index is 633. The summed E-state index contributed by atoms with van der Waals surface area (Å²) >= 11 is 0. The molecule has 1 saturated carbocycles. The SMILES string of the molecule is CCc1ccc(C(=O)NN2C(=O)NC3(CCCCC3)C2=O)cc1. The number of aryl methyl sites for hydroxylation is 1. The molecule has 6 heteroatoms. The molecule has 122 valence electrons. The highest BCUT2D eigenvalue weighted by molar-refractivity contribution is 6.09. The van der Waals surface area contributed by atoms with Gasteiger partial charge in [-0.15, -0.1) is 0 Å². The number of hydrazine groups is 1. The van der Waals surface area contributed by atoms with Crippen molar-refractivity contribution in [2.75, 3.05) is 0 Å². The molecular weight excluding hydrogens is 294 g/mol. The van der Waals surface area contributed by atoms with Crippen LogP contribution in [-0.4, -0.2) is 28.4 Å². The lowest BCUT2D eigenvalue weighted by molar-refractivity contribution is -0.134. The summed E-state index contributed by atoms with van der Waals surface area (Å²) in [6.45, 7) is 2.03. The average molecular weight is 315 g/mol. The lowest BCUT2D eigenvalue weighted by atomic mass is 9.82. The Morgan fingerprint density at radius 2 is 1.83 bits per heavy atom. The summed E-state index contributed by atoms with van der Waals surface area (Å²) in [5, 5.41) is 3.60. The van der Waals surface area contributed by atoms with Crippen LogP contribution in [0.1, 0.15) is 54.9 Å². The van der Waals surface area contributed by atoms with Crippen molar-refractivity contribution in [2.24, 2.45) is 0 Å². The van der Waals surface area contributed by atoms with Crippen LogP contribution in [0, 0.1) is 0 Å². The zero-order valence-corrected chi connectivity index (χ0v) is 13.2. The molecule has 0 unspecified atom stereocenters. The van der Waals surface area contributed by atoms with Crippen LogP contribution in [-0.2, 0) is 11.2 Å². The molecule has 0 atom stereocenters. The maximum atomic E-state index is 12.6. The Morgan fingerprint density at radius 3 is 2.43 bits per heavy atom. The van der Waals surface area contributed by atoms with E-state index in [1.54, 1.807) is 12.1 Å². The number of carbonyl (C=O) groups is 3. The number of carbonyl (C=O) groups excluding carboxylic acids is 3. The first kappa shape index (κ1) is 15.5. The maximum absolute atomic E-state index is 12.6. The Balaban J connectivity index is 1.72. The van der Waals surface area contributed by atoms with E-state index in [0.29, 0.717) is 18.4 Å². The molecule has 2 N–H and O–H groups in total. The van der Waals surface area contributed by atoms with E-state index >= 15 is 0 Å². The maximum Gasteiger partial charge on any atom is 0.344 e. The molecule has 1 aromatic rings. The molecule has 0 bridgehead atoms. The smallest absolute Gasteiger partial charge is 0.322 e. The minimum atomic E-state index is -0.825. The van der Waals surface area contributed by atoms with Gasteiger partial charge >= 0.3 is 6.03 Å². The molecule has 3 rings (SSSR count). The third-order valence-electron chi connectivity index (χ3n) is 4.71. The fourth-order valence-electron chi connectivity index (χ4n) is 3.27. The molecule has 0 radical (unpaired) electrons. The normalized spacial score (nSPS) is 19.8. The van der Waals surface area contributed by atoms with Crippen LogP contribution in [0.3, 0.4) is 0 Å². The zero-order valence-electron chi connectivity index (χ0n) is 13.2. The number of benzene rings is 1. The number of imide groups is 1. The number of urea groups is 1. The fourth-order valence-corrected chi connectivity index (χ4v) is 3.27. The molecule has 23 heavy (non-hydrogen) atoms. The van der Waals surface area contributed by atoms with Gasteiger partial charge in [-0.1, -0.05) is 38.3 Å². The highest BCUT2D eigenvalue weighted by Crippen LogP contribution is 2.33. The van der Waals surface area contributed by atoms with Gasteiger partial charge in [0.2, 0.25) is 0 Å². The fraction of sp³-hybridized carbons (Fsp3) is 0.471. The van der Waals surface area contributed by atoms with Gasteiger partial charge in [0, 0.05) is 5.56 Å². The number of hydrogen-bond acceptors (Lipinski definition) is 3. The molecule has 1 aliphatic heterocycles. The molecule has 6 nitrogen and oxygen atoms in total. The molecule has 1 saturated heterocycles. The first-order chi connectivity index (χ1) is 11.1. The van der Waals surface area contributed by atoms with E-state index in [0.717, 1.165) is 36.3 Å². The van der Waals surface area contributed by atoms with E-state index in [1.165, 1.54) is 0 Å². The van der Waals surface area contributed by atoms with E-state index in [2.05, 4.69) is 10.7 Å². The molecule has 4 amide bonds. The van der Waals surface area contributed by atoms with Crippen molar-refractivity contribution in [3.8, 4) is 0 Å². The molecular formula is C17H21N3O3. The van der Waals surface area contributed by atoms with Gasteiger partial charge in [0.05, 0.1) is 0 Å². The van der Waals surface area contributed by atoms with Crippen molar-refractivity contribution in [1.82, 2.24) is 15.8 Å². The average Bonchev–Trinajstić information content (AvgIpc) is 2.80. The summed E-state index contributed by atoms with van der Waals surface area (Å²) in [5.41, 5.74) is 3.16. The van der Waals surface area contributed by atoms with Gasteiger partial charge in [-0.3, -0.25) is 15.0 Å². The summed E-state index contributed by atoms with van der Waals surface area (Å²) < 4.78 is 0. The Labute approximate surface area is 135 Å². The van der Waals surface area contributed by atoms with E-state index < -0.39 is 17.5 Å². The van der Waals surface area contributed by atoms with Gasteiger partial charge in [-0.2, -0.15) is 5.01 Å². The van der Waals surface area contributed by atoms with Crippen LogP contribution in [0.15, 0.2) is 24.3 Å². The quantitative estimate of drug-likeness (QED) is 0.839. The van der Waals surface area contributed by atoms with Crippen LogP contribution in [0.5, 0.6) is 0 Å². The third-order valence-corrected chi connectivity index (χ3v) is 4.71. The predicted octanol–water partition coefficient (Wildman–Crippen LogP) is 2.15. The van der Waals surface area contributed by atoms with E-state index in [-0.39, 0.29) is 5.91 Å². The highest BCUT2D eigenvalue weighted by Gasteiger charge is 2.52. The summed E-state index contributed by atoms with van der Waals surface area (Å²) in [6.07, 6.45) is 5.04. The first-order valence-corrected chi connectivity index (χ1v) is 8.12. The largest absolute Gasteiger partial charge is 0.344 e. The molecule has 1 spiro atoms. The summed E-state index contributed by atoms with van der Waals surface area (Å²) in [4.78, 5) is 37.0. The third kappa shape index (κ3) is 2.81. The topological polar surface area (TPSA) is 78.5 Å². The van der Waals surface area contributed by atoms with E-state index in [4.69, 9.17) is 0 Å². The van der Waals surface area contributed by atoms with Crippen LogP contribution in [0.25, 0.3) is 0 Å². The second-order valence-corrected chi connectivity index (χ2v) is 6.20. The second-order valence-electron chi connectivity index (χ2n) is 6.20. The Hall–Kier alpha value is -2.37. The van der Waals surface area contributed by atoms with Crippen LogP contribution in [0.2, 0.25) is 0 Å². The van der Waals surface area contributed by atoms with Gasteiger partial charge in [0.25, 0.3) is 11.8 Å². The van der Waals surface area contributed by atoms with Gasteiger partial charge in [-0.05, 0) is 37.0 Å². The Morgan fingerprint density at radius 1 is 1.17 bits per heavy atom. The second kappa shape index (κ2) is 6.02. The Kier molecular flexibility index (Phi) is 4.07. The number of amides is 4. The minimum Gasteiger partial charge on any atom is -0.322 e. The number of hydrogen-bond donors (Lipinski definition) is 2. The first-order valence-electron chi connectivity index (χ1n) is 8.12. The number of nitrogens with one attached hydrogen (secondary N) is 2. The van der Waals surface area contributed by atoms with Gasteiger partial charge in [0.1, 0.15) is 5.54 Å². The molecule has 2 fully saturated rings. The van der Waals surface area contributed by atoms with Crippen LogP contribution in [0.4, 0.5) is 4.79 Å². The van der Waals surface area contributed by atoms with Crippen molar-refractivity contribution in [3.05, 3.63) is 35.4 Å². The van der Waals surface area contributed by atoms with Crippen molar-refractivity contribution >= 4 is 17.8 Å². The lowest BCUT2D eigenvalue weighted by Gasteiger charge is -2.30. The highest BCUT2D eigenvalue weighted by atomic mass is 16.2. The molecule has 1 aliphatic carbocycles. The summed E-state index contributed by atoms with van der Waals surface area (Å²) in [7, 11) is 0. The summed E-state index contributed by atoms with van der Waals surface area (Å²) in [5.74, 6) is -0.801.